The van der Waals surface area contributed by atoms with Crippen molar-refractivity contribution in [1.82, 2.24) is 10.3 Å². The van der Waals surface area contributed by atoms with E-state index in [9.17, 15) is 4.79 Å². The van der Waals surface area contributed by atoms with Gasteiger partial charge in [0.2, 0.25) is 0 Å². The molecule has 1 amide bonds. The molecular weight excluding hydrogens is 212 g/mol. The second-order valence-corrected chi connectivity index (χ2v) is 3.33. The van der Waals surface area contributed by atoms with E-state index < -0.39 is 0 Å². The molecule has 0 bridgehead atoms. The quantitative estimate of drug-likeness (QED) is 0.624. The fourth-order valence-corrected chi connectivity index (χ4v) is 1.25. The van der Waals surface area contributed by atoms with E-state index in [1.165, 1.54) is 12.4 Å². The van der Waals surface area contributed by atoms with Crippen LogP contribution in [0.15, 0.2) is 18.5 Å². The molecule has 0 radical (unpaired) electrons. The van der Waals surface area contributed by atoms with Crippen molar-refractivity contribution in [3.8, 4) is 12.3 Å². The Morgan fingerprint density at radius 1 is 1.67 bits per heavy atom. The smallest absolute Gasteiger partial charge is 0.252 e. The summed E-state index contributed by atoms with van der Waals surface area (Å²) in [5.41, 5.74) is 0.437. The van der Waals surface area contributed by atoms with Crippen molar-refractivity contribution in [2.45, 2.75) is 12.8 Å². The van der Waals surface area contributed by atoms with Crippen LogP contribution in [-0.4, -0.2) is 17.4 Å². The Bertz CT molecular complexity index is 384. The summed E-state index contributed by atoms with van der Waals surface area (Å²) in [5.74, 6) is 2.31. The lowest BCUT2D eigenvalue weighted by molar-refractivity contribution is 0.0953. The lowest BCUT2D eigenvalue weighted by Crippen LogP contribution is -2.24. The van der Waals surface area contributed by atoms with Crippen molar-refractivity contribution in [2.75, 3.05) is 6.54 Å². The third-order valence-corrected chi connectivity index (χ3v) is 2.10. The van der Waals surface area contributed by atoms with Crippen molar-refractivity contribution >= 4 is 17.5 Å². The highest BCUT2D eigenvalue weighted by Crippen LogP contribution is 2.12. The number of aromatic nitrogens is 1. The lowest BCUT2D eigenvalue weighted by atomic mass is 10.2. The van der Waals surface area contributed by atoms with Gasteiger partial charge in [-0.2, -0.15) is 0 Å². The third-order valence-electron chi connectivity index (χ3n) is 1.80. The molecule has 0 atom stereocenters. The van der Waals surface area contributed by atoms with Gasteiger partial charge in [-0.3, -0.25) is 9.78 Å². The molecule has 1 rings (SSSR count). The second kappa shape index (κ2) is 6.05. The van der Waals surface area contributed by atoms with Gasteiger partial charge in [0.15, 0.2) is 0 Å². The van der Waals surface area contributed by atoms with Crippen LogP contribution in [0, 0.1) is 12.3 Å². The van der Waals surface area contributed by atoms with E-state index in [4.69, 9.17) is 18.0 Å². The Morgan fingerprint density at radius 2 is 2.47 bits per heavy atom. The molecule has 1 aromatic rings. The van der Waals surface area contributed by atoms with Crippen LogP contribution in [-0.2, 0) is 0 Å². The van der Waals surface area contributed by atoms with Gasteiger partial charge in [-0.25, -0.2) is 0 Å². The van der Waals surface area contributed by atoms with Crippen molar-refractivity contribution in [2.24, 2.45) is 0 Å². The van der Waals surface area contributed by atoms with Gasteiger partial charge in [0, 0.05) is 25.4 Å². The molecule has 0 aliphatic rings. The summed E-state index contributed by atoms with van der Waals surface area (Å²) in [5, 5.41) is 3.08. The molecule has 4 heteroatoms. The van der Waals surface area contributed by atoms with E-state index in [0.717, 1.165) is 6.42 Å². The van der Waals surface area contributed by atoms with Gasteiger partial charge < -0.3 is 5.32 Å². The maximum Gasteiger partial charge on any atom is 0.252 e. The standard InChI is InChI=1S/C11H11ClN2O/c1-2-3-4-6-14-11(15)9-5-7-13-8-10(9)12/h1,5,7-8H,3-4,6H2,(H,14,15). The van der Waals surface area contributed by atoms with E-state index in [-0.39, 0.29) is 5.91 Å². The van der Waals surface area contributed by atoms with E-state index in [1.54, 1.807) is 6.07 Å². The number of amides is 1. The van der Waals surface area contributed by atoms with Gasteiger partial charge in [0.1, 0.15) is 0 Å². The van der Waals surface area contributed by atoms with Gasteiger partial charge in [0.25, 0.3) is 5.91 Å². The average molecular weight is 223 g/mol. The Labute approximate surface area is 93.9 Å². The minimum atomic E-state index is -0.195. The summed E-state index contributed by atoms with van der Waals surface area (Å²) in [6.07, 6.45) is 9.49. The van der Waals surface area contributed by atoms with Crippen LogP contribution in [0.4, 0.5) is 0 Å². The molecule has 3 nitrogen and oxygen atoms in total. The summed E-state index contributed by atoms with van der Waals surface area (Å²) in [7, 11) is 0. The first kappa shape index (κ1) is 11.5. The normalized spacial score (nSPS) is 9.33. The highest BCUT2D eigenvalue weighted by Gasteiger charge is 2.08. The van der Waals surface area contributed by atoms with Crippen LogP contribution in [0.1, 0.15) is 23.2 Å². The van der Waals surface area contributed by atoms with E-state index in [0.29, 0.717) is 23.6 Å². The van der Waals surface area contributed by atoms with Crippen molar-refractivity contribution < 1.29 is 4.79 Å². The Balaban J connectivity index is 2.48. The van der Waals surface area contributed by atoms with Crippen molar-refractivity contribution in [3.05, 3.63) is 29.0 Å². The molecule has 0 aromatic carbocycles. The van der Waals surface area contributed by atoms with Crippen LogP contribution in [0.3, 0.4) is 0 Å². The molecule has 0 spiro atoms. The molecule has 78 valence electrons. The van der Waals surface area contributed by atoms with Crippen LogP contribution in [0.2, 0.25) is 5.02 Å². The molecule has 0 unspecified atom stereocenters. The molecule has 1 N–H and O–H groups in total. The second-order valence-electron chi connectivity index (χ2n) is 2.92. The van der Waals surface area contributed by atoms with Crippen LogP contribution in [0.5, 0.6) is 0 Å². The zero-order chi connectivity index (χ0) is 11.1. The summed E-state index contributed by atoms with van der Waals surface area (Å²) < 4.78 is 0. The molecule has 1 heterocycles. The zero-order valence-corrected chi connectivity index (χ0v) is 8.92. The zero-order valence-electron chi connectivity index (χ0n) is 8.16. The highest BCUT2D eigenvalue weighted by atomic mass is 35.5. The number of carbonyl (C=O) groups excluding carboxylic acids is 1. The van der Waals surface area contributed by atoms with Gasteiger partial charge in [-0.1, -0.05) is 11.6 Å². The first-order valence-electron chi connectivity index (χ1n) is 4.57. The molecule has 0 saturated heterocycles. The average Bonchev–Trinajstić information content (AvgIpc) is 2.25. The number of terminal acetylenes is 1. The number of hydrogen-bond acceptors (Lipinski definition) is 2. The molecule has 0 aliphatic heterocycles. The predicted octanol–water partition coefficient (Wildman–Crippen LogP) is 1.88. The van der Waals surface area contributed by atoms with E-state index in [2.05, 4.69) is 16.2 Å². The number of rotatable bonds is 4. The van der Waals surface area contributed by atoms with E-state index >= 15 is 0 Å². The summed E-state index contributed by atoms with van der Waals surface area (Å²) in [4.78, 5) is 15.4. The predicted molar refractivity (Wildman–Crippen MR) is 59.6 cm³/mol. The number of nitrogens with one attached hydrogen (secondary N) is 1. The number of unbranched alkanes of at least 4 members (excludes halogenated alkanes) is 1. The van der Waals surface area contributed by atoms with Gasteiger partial charge in [0.05, 0.1) is 10.6 Å². The van der Waals surface area contributed by atoms with Crippen LogP contribution in [0.25, 0.3) is 0 Å². The number of nitrogens with zero attached hydrogens (tertiary/aromatic N) is 1. The molecule has 0 fully saturated rings. The fourth-order valence-electron chi connectivity index (χ4n) is 1.05. The van der Waals surface area contributed by atoms with Gasteiger partial charge in [-0.05, 0) is 12.5 Å². The van der Waals surface area contributed by atoms with Crippen molar-refractivity contribution in [3.63, 3.8) is 0 Å². The molecular formula is C11H11ClN2O. The third kappa shape index (κ3) is 3.61. The van der Waals surface area contributed by atoms with Crippen LogP contribution >= 0.6 is 11.6 Å². The summed E-state index contributed by atoms with van der Waals surface area (Å²) in [6.45, 7) is 0.557. The van der Waals surface area contributed by atoms with Gasteiger partial charge >= 0.3 is 0 Å². The number of hydrogen-bond donors (Lipinski definition) is 1. The summed E-state index contributed by atoms with van der Waals surface area (Å²) in [6, 6.07) is 1.58. The maximum absolute atomic E-state index is 11.6. The SMILES string of the molecule is C#CCCCNC(=O)c1ccncc1Cl. The topological polar surface area (TPSA) is 42.0 Å². The van der Waals surface area contributed by atoms with E-state index in [1.807, 2.05) is 0 Å². The molecule has 0 aliphatic carbocycles. The number of pyridine rings is 1. The van der Waals surface area contributed by atoms with Gasteiger partial charge in [-0.15, -0.1) is 12.3 Å². The Hall–Kier alpha value is -1.53. The fraction of sp³-hybridized carbons (Fsp3) is 0.273. The Kier molecular flexibility index (Phi) is 4.65. The number of halogens is 1. The molecule has 0 saturated carbocycles. The maximum atomic E-state index is 11.6. The largest absolute Gasteiger partial charge is 0.352 e. The summed E-state index contributed by atoms with van der Waals surface area (Å²) >= 11 is 5.80. The first-order chi connectivity index (χ1) is 7.25. The minimum absolute atomic E-state index is 0.195. The molecule has 1 aromatic heterocycles. The minimum Gasteiger partial charge on any atom is -0.352 e. The number of carbonyl (C=O) groups is 1. The highest BCUT2D eigenvalue weighted by molar-refractivity contribution is 6.33. The van der Waals surface area contributed by atoms with Crippen LogP contribution < -0.4 is 5.32 Å². The van der Waals surface area contributed by atoms with Crippen molar-refractivity contribution in [1.29, 1.82) is 0 Å². The Morgan fingerprint density at radius 3 is 3.13 bits per heavy atom. The molecule has 15 heavy (non-hydrogen) atoms. The lowest BCUT2D eigenvalue weighted by Gasteiger charge is -2.04. The first-order valence-corrected chi connectivity index (χ1v) is 4.94. The monoisotopic (exact) mass is 222 g/mol.